The first kappa shape index (κ1) is 17.0. The van der Waals surface area contributed by atoms with Gasteiger partial charge >= 0.3 is 5.97 Å². The van der Waals surface area contributed by atoms with E-state index in [1.807, 2.05) is 26.0 Å². The predicted molar refractivity (Wildman–Crippen MR) is 89.1 cm³/mol. The molecule has 0 saturated carbocycles. The summed E-state index contributed by atoms with van der Waals surface area (Å²) in [5.41, 5.74) is 2.30. The van der Waals surface area contributed by atoms with Crippen molar-refractivity contribution in [1.29, 1.82) is 0 Å². The van der Waals surface area contributed by atoms with Crippen molar-refractivity contribution < 1.29 is 18.3 Å². The number of carbonyl (C=O) groups is 1. The van der Waals surface area contributed by atoms with Gasteiger partial charge < -0.3 is 5.11 Å². The molecule has 1 N–H and O–H groups in total. The zero-order valence-corrected chi connectivity index (χ0v) is 13.9. The maximum absolute atomic E-state index is 12.9. The van der Waals surface area contributed by atoms with Gasteiger partial charge in [-0.3, -0.25) is 9.10 Å². The highest BCUT2D eigenvalue weighted by Gasteiger charge is 2.26. The standard InChI is InChI=1S/C17H19NO4S/c1-13-8-9-16(14(2)12-13)18(11-10-17(19)20)23(21,22)15-6-4-3-5-7-15/h3-9,12H,10-11H2,1-2H3,(H,19,20). The second-order valence-electron chi connectivity index (χ2n) is 5.32. The van der Waals surface area contributed by atoms with E-state index < -0.39 is 16.0 Å². The lowest BCUT2D eigenvalue weighted by Gasteiger charge is -2.25. The number of hydrogen-bond acceptors (Lipinski definition) is 3. The zero-order valence-electron chi connectivity index (χ0n) is 13.1. The van der Waals surface area contributed by atoms with Crippen molar-refractivity contribution in [2.45, 2.75) is 25.2 Å². The summed E-state index contributed by atoms with van der Waals surface area (Å²) in [6, 6.07) is 13.4. The highest BCUT2D eigenvalue weighted by molar-refractivity contribution is 7.92. The van der Waals surface area contributed by atoms with E-state index in [1.165, 1.54) is 16.4 Å². The van der Waals surface area contributed by atoms with Gasteiger partial charge in [-0.2, -0.15) is 0 Å². The molecule has 0 saturated heterocycles. The van der Waals surface area contributed by atoms with Crippen molar-refractivity contribution in [3.8, 4) is 0 Å². The first-order valence-electron chi connectivity index (χ1n) is 7.19. The summed E-state index contributed by atoms with van der Waals surface area (Å²) < 4.78 is 27.0. The molecule has 0 aliphatic heterocycles. The van der Waals surface area contributed by atoms with E-state index in [-0.39, 0.29) is 17.9 Å². The molecule has 0 spiro atoms. The molecule has 0 amide bonds. The molecule has 0 aromatic heterocycles. The van der Waals surface area contributed by atoms with Crippen molar-refractivity contribution in [2.75, 3.05) is 10.8 Å². The maximum Gasteiger partial charge on any atom is 0.305 e. The minimum atomic E-state index is -3.82. The summed E-state index contributed by atoms with van der Waals surface area (Å²) in [5.74, 6) is -1.04. The molecule has 0 heterocycles. The second-order valence-corrected chi connectivity index (χ2v) is 7.19. The topological polar surface area (TPSA) is 74.7 Å². The number of carboxylic acids is 1. The van der Waals surface area contributed by atoms with E-state index in [1.54, 1.807) is 24.3 Å². The summed E-state index contributed by atoms with van der Waals surface area (Å²) in [6.45, 7) is 3.62. The highest BCUT2D eigenvalue weighted by atomic mass is 32.2. The van der Waals surface area contributed by atoms with Crippen LogP contribution in [0.15, 0.2) is 53.4 Å². The maximum atomic E-state index is 12.9. The molecule has 2 rings (SSSR count). The largest absolute Gasteiger partial charge is 0.481 e. The van der Waals surface area contributed by atoms with E-state index in [4.69, 9.17) is 5.11 Å². The Morgan fingerprint density at radius 3 is 2.30 bits per heavy atom. The molecule has 5 nitrogen and oxygen atoms in total. The van der Waals surface area contributed by atoms with Gasteiger partial charge in [0, 0.05) is 6.54 Å². The third-order valence-corrected chi connectivity index (χ3v) is 5.31. The first-order chi connectivity index (χ1) is 10.8. The molecule has 2 aromatic rings. The predicted octanol–water partition coefficient (Wildman–Crippen LogP) is 2.97. The molecular weight excluding hydrogens is 314 g/mol. The quantitative estimate of drug-likeness (QED) is 0.882. The van der Waals surface area contributed by atoms with Crippen LogP contribution in [0.4, 0.5) is 5.69 Å². The lowest BCUT2D eigenvalue weighted by molar-refractivity contribution is -0.136. The number of rotatable bonds is 6. The van der Waals surface area contributed by atoms with Crippen molar-refractivity contribution >= 4 is 21.7 Å². The van der Waals surface area contributed by atoms with Gasteiger partial charge in [-0.05, 0) is 37.6 Å². The van der Waals surface area contributed by atoms with Crippen LogP contribution in [-0.2, 0) is 14.8 Å². The Kier molecular flexibility index (Phi) is 5.05. The summed E-state index contributed by atoms with van der Waals surface area (Å²) >= 11 is 0. The van der Waals surface area contributed by atoms with Crippen LogP contribution >= 0.6 is 0 Å². The van der Waals surface area contributed by atoms with E-state index >= 15 is 0 Å². The molecule has 0 fully saturated rings. The Hall–Kier alpha value is -2.34. The normalized spacial score (nSPS) is 11.2. The fourth-order valence-electron chi connectivity index (χ4n) is 2.37. The van der Waals surface area contributed by atoms with Crippen LogP contribution in [0.1, 0.15) is 17.5 Å². The Labute approximate surface area is 136 Å². The molecule has 0 atom stereocenters. The molecule has 0 aliphatic rings. The molecule has 23 heavy (non-hydrogen) atoms. The Balaban J connectivity index is 2.52. The number of anilines is 1. The minimum absolute atomic E-state index is 0.115. The van der Waals surface area contributed by atoms with Crippen molar-refractivity contribution in [3.63, 3.8) is 0 Å². The van der Waals surface area contributed by atoms with Gasteiger partial charge in [-0.25, -0.2) is 8.42 Å². The summed E-state index contributed by atoms with van der Waals surface area (Å²) in [5, 5.41) is 8.94. The van der Waals surface area contributed by atoms with Gasteiger partial charge in [0.15, 0.2) is 0 Å². The van der Waals surface area contributed by atoms with Crippen LogP contribution in [0.2, 0.25) is 0 Å². The summed E-state index contributed by atoms with van der Waals surface area (Å²) in [6.07, 6.45) is -0.265. The van der Waals surface area contributed by atoms with Crippen LogP contribution in [0.3, 0.4) is 0 Å². The number of aliphatic carboxylic acids is 1. The van der Waals surface area contributed by atoms with Gasteiger partial charge in [0.25, 0.3) is 10.0 Å². The third kappa shape index (κ3) is 3.90. The SMILES string of the molecule is Cc1ccc(N(CCC(=O)O)S(=O)(=O)c2ccccc2)c(C)c1. The molecule has 0 aliphatic carbocycles. The van der Waals surface area contributed by atoms with Gasteiger partial charge in [0.05, 0.1) is 17.0 Å². The Bertz CT molecular complexity index is 801. The summed E-state index contributed by atoms with van der Waals surface area (Å²) in [7, 11) is -3.82. The second kappa shape index (κ2) is 6.83. The van der Waals surface area contributed by atoms with Gasteiger partial charge in [0.2, 0.25) is 0 Å². The number of hydrogen-bond donors (Lipinski definition) is 1. The van der Waals surface area contributed by atoms with Crippen LogP contribution < -0.4 is 4.31 Å². The van der Waals surface area contributed by atoms with Crippen LogP contribution in [0.25, 0.3) is 0 Å². The van der Waals surface area contributed by atoms with Crippen molar-refractivity contribution in [1.82, 2.24) is 0 Å². The van der Waals surface area contributed by atoms with E-state index in [9.17, 15) is 13.2 Å². The first-order valence-corrected chi connectivity index (χ1v) is 8.63. The minimum Gasteiger partial charge on any atom is -0.481 e. The number of nitrogens with zero attached hydrogens (tertiary/aromatic N) is 1. The molecule has 6 heteroatoms. The van der Waals surface area contributed by atoms with E-state index in [0.717, 1.165) is 11.1 Å². The Morgan fingerprint density at radius 1 is 1.09 bits per heavy atom. The average molecular weight is 333 g/mol. The lowest BCUT2D eigenvalue weighted by Crippen LogP contribution is -2.33. The molecule has 122 valence electrons. The molecule has 0 unspecified atom stereocenters. The van der Waals surface area contributed by atoms with E-state index in [0.29, 0.717) is 5.69 Å². The van der Waals surface area contributed by atoms with Crippen LogP contribution in [0.5, 0.6) is 0 Å². The van der Waals surface area contributed by atoms with Crippen molar-refractivity contribution in [3.05, 3.63) is 59.7 Å². The molecule has 0 bridgehead atoms. The van der Waals surface area contributed by atoms with Gasteiger partial charge in [-0.15, -0.1) is 0 Å². The van der Waals surface area contributed by atoms with E-state index in [2.05, 4.69) is 0 Å². The number of sulfonamides is 1. The van der Waals surface area contributed by atoms with Crippen LogP contribution in [-0.4, -0.2) is 26.0 Å². The fourth-order valence-corrected chi connectivity index (χ4v) is 3.92. The molecule has 0 radical (unpaired) electrons. The third-order valence-electron chi connectivity index (χ3n) is 3.48. The highest BCUT2D eigenvalue weighted by Crippen LogP contribution is 2.27. The van der Waals surface area contributed by atoms with Crippen molar-refractivity contribution in [2.24, 2.45) is 0 Å². The molecular formula is C17H19NO4S. The van der Waals surface area contributed by atoms with Crippen LogP contribution in [0, 0.1) is 13.8 Å². The monoisotopic (exact) mass is 333 g/mol. The smallest absolute Gasteiger partial charge is 0.305 e. The lowest BCUT2D eigenvalue weighted by atomic mass is 10.1. The number of aryl methyl sites for hydroxylation is 2. The number of benzene rings is 2. The number of carboxylic acid groups (broad SMARTS) is 1. The molecule has 2 aromatic carbocycles. The van der Waals surface area contributed by atoms with Gasteiger partial charge in [-0.1, -0.05) is 35.9 Å². The fraction of sp³-hybridized carbons (Fsp3) is 0.235. The zero-order chi connectivity index (χ0) is 17.0. The Morgan fingerprint density at radius 2 is 1.74 bits per heavy atom. The summed E-state index contributed by atoms with van der Waals surface area (Å²) in [4.78, 5) is 11.1. The average Bonchev–Trinajstić information content (AvgIpc) is 2.49. The van der Waals surface area contributed by atoms with Gasteiger partial charge in [0.1, 0.15) is 0 Å².